The van der Waals surface area contributed by atoms with E-state index in [0.29, 0.717) is 16.9 Å². The molecular weight excluding hydrogens is 360 g/mol. The van der Waals surface area contributed by atoms with E-state index in [1.807, 2.05) is 32.0 Å². The molecule has 2 aromatic carbocycles. The van der Waals surface area contributed by atoms with E-state index in [1.165, 1.54) is 23.0 Å². The highest BCUT2D eigenvalue weighted by Gasteiger charge is 2.13. The molecule has 0 saturated carbocycles. The normalized spacial score (nSPS) is 11.1. The second kappa shape index (κ2) is 7.43. The van der Waals surface area contributed by atoms with Crippen LogP contribution in [0.5, 0.6) is 11.5 Å². The predicted octanol–water partition coefficient (Wildman–Crippen LogP) is 2.27. The summed E-state index contributed by atoms with van der Waals surface area (Å²) in [5.74, 6) is -1.20. The van der Waals surface area contributed by atoms with Crippen LogP contribution in [0.25, 0.3) is 5.69 Å². The topological polar surface area (TPSA) is 120 Å². The molecule has 3 aromatic rings. The second-order valence-electron chi connectivity index (χ2n) is 6.46. The molecule has 0 aliphatic rings. The summed E-state index contributed by atoms with van der Waals surface area (Å²) in [6.07, 6.45) is 1.25. The second-order valence-corrected chi connectivity index (χ2v) is 6.46. The summed E-state index contributed by atoms with van der Waals surface area (Å²) in [7, 11) is 0. The Hall–Kier alpha value is -3.81. The third kappa shape index (κ3) is 3.66. The van der Waals surface area contributed by atoms with Crippen LogP contribution in [0, 0.1) is 20.8 Å². The van der Waals surface area contributed by atoms with Gasteiger partial charge in [-0.25, -0.2) is 10.1 Å². The van der Waals surface area contributed by atoms with Crippen LogP contribution in [0.3, 0.4) is 0 Å². The van der Waals surface area contributed by atoms with Crippen molar-refractivity contribution in [2.45, 2.75) is 20.8 Å². The van der Waals surface area contributed by atoms with Gasteiger partial charge in [-0.2, -0.15) is 5.10 Å². The molecule has 0 radical (unpaired) electrons. The molecule has 0 aliphatic heterocycles. The summed E-state index contributed by atoms with van der Waals surface area (Å²) in [6.45, 7) is 5.69. The van der Waals surface area contributed by atoms with Crippen molar-refractivity contribution in [3.05, 3.63) is 74.7 Å². The number of benzene rings is 2. The maximum absolute atomic E-state index is 12.7. The quantitative estimate of drug-likeness (QED) is 0.410. The average Bonchev–Trinajstić information content (AvgIpc) is 2.92. The third-order valence-corrected chi connectivity index (χ3v) is 4.45. The first-order valence-electron chi connectivity index (χ1n) is 8.52. The van der Waals surface area contributed by atoms with Crippen LogP contribution in [0.15, 0.2) is 46.3 Å². The maximum atomic E-state index is 12.7. The molecule has 0 aliphatic carbocycles. The fourth-order valence-electron chi connectivity index (χ4n) is 2.69. The van der Waals surface area contributed by atoms with Gasteiger partial charge in [0.25, 0.3) is 11.5 Å². The number of aromatic hydroxyl groups is 2. The molecule has 3 rings (SSSR count). The van der Waals surface area contributed by atoms with Crippen molar-refractivity contribution in [2.24, 2.45) is 5.10 Å². The van der Waals surface area contributed by atoms with Crippen molar-refractivity contribution in [1.82, 2.24) is 15.2 Å². The van der Waals surface area contributed by atoms with Crippen LogP contribution in [0.4, 0.5) is 0 Å². The van der Waals surface area contributed by atoms with E-state index < -0.39 is 5.91 Å². The Bertz CT molecular complexity index is 1140. The number of phenolic OH excluding ortho intramolecular Hbond substituents is 2. The van der Waals surface area contributed by atoms with Gasteiger partial charge in [0.2, 0.25) is 0 Å². The summed E-state index contributed by atoms with van der Waals surface area (Å²) in [5.41, 5.74) is 5.69. The van der Waals surface area contributed by atoms with E-state index in [2.05, 4.69) is 15.6 Å². The number of aromatic nitrogens is 2. The molecule has 1 heterocycles. The SMILES string of the molecule is Cc1ccc(-n2[nH]c(C)c(/C=N\NC(=O)c3ccc(O)cc3O)c2=O)cc1C. The van der Waals surface area contributed by atoms with E-state index in [0.717, 1.165) is 17.2 Å². The van der Waals surface area contributed by atoms with Gasteiger partial charge in [-0.05, 0) is 56.2 Å². The van der Waals surface area contributed by atoms with Gasteiger partial charge in [-0.1, -0.05) is 6.07 Å². The van der Waals surface area contributed by atoms with Crippen molar-refractivity contribution in [3.63, 3.8) is 0 Å². The summed E-state index contributed by atoms with van der Waals surface area (Å²) in [4.78, 5) is 24.8. The van der Waals surface area contributed by atoms with E-state index in [1.54, 1.807) is 6.92 Å². The fourth-order valence-corrected chi connectivity index (χ4v) is 2.69. The summed E-state index contributed by atoms with van der Waals surface area (Å²) in [6, 6.07) is 9.28. The number of hydrazone groups is 1. The molecule has 0 saturated heterocycles. The maximum Gasteiger partial charge on any atom is 0.280 e. The molecule has 8 nitrogen and oxygen atoms in total. The number of nitrogens with zero attached hydrogens (tertiary/aromatic N) is 2. The number of carbonyl (C=O) groups excluding carboxylic acids is 1. The largest absolute Gasteiger partial charge is 0.508 e. The highest BCUT2D eigenvalue weighted by Crippen LogP contribution is 2.22. The first-order valence-corrected chi connectivity index (χ1v) is 8.52. The van der Waals surface area contributed by atoms with Crippen LogP contribution >= 0.6 is 0 Å². The van der Waals surface area contributed by atoms with Gasteiger partial charge < -0.3 is 10.2 Å². The number of aryl methyl sites for hydroxylation is 3. The highest BCUT2D eigenvalue weighted by molar-refractivity contribution is 5.97. The number of amides is 1. The average molecular weight is 380 g/mol. The molecule has 8 heteroatoms. The van der Waals surface area contributed by atoms with Crippen molar-refractivity contribution >= 4 is 12.1 Å². The van der Waals surface area contributed by atoms with Gasteiger partial charge in [0.15, 0.2) is 0 Å². The van der Waals surface area contributed by atoms with Gasteiger partial charge in [0, 0.05) is 11.8 Å². The lowest BCUT2D eigenvalue weighted by Gasteiger charge is -2.05. The first kappa shape index (κ1) is 19.0. The zero-order valence-corrected chi connectivity index (χ0v) is 15.6. The Balaban J connectivity index is 1.83. The molecule has 0 bridgehead atoms. The van der Waals surface area contributed by atoms with Crippen LogP contribution < -0.4 is 11.0 Å². The van der Waals surface area contributed by atoms with E-state index >= 15 is 0 Å². The lowest BCUT2D eigenvalue weighted by atomic mass is 10.1. The van der Waals surface area contributed by atoms with Gasteiger partial charge in [0.1, 0.15) is 11.5 Å². The van der Waals surface area contributed by atoms with Crippen molar-refractivity contribution < 1.29 is 15.0 Å². The minimum atomic E-state index is -0.670. The molecule has 4 N–H and O–H groups in total. The van der Waals surface area contributed by atoms with Gasteiger partial charge >= 0.3 is 0 Å². The summed E-state index contributed by atoms with van der Waals surface area (Å²) in [5, 5.41) is 25.8. The van der Waals surface area contributed by atoms with Gasteiger partial charge in [-0.3, -0.25) is 14.7 Å². The van der Waals surface area contributed by atoms with Crippen molar-refractivity contribution in [2.75, 3.05) is 0 Å². The van der Waals surface area contributed by atoms with Gasteiger partial charge in [0.05, 0.1) is 23.0 Å². The Morgan fingerprint density at radius 3 is 2.54 bits per heavy atom. The standard InChI is InChI=1S/C20H20N4O4/c1-11-4-5-14(8-12(11)2)24-20(28)17(13(3)23-24)10-21-22-19(27)16-7-6-15(25)9-18(16)26/h4-10,23,25-26H,1-3H3,(H,22,27)/b21-10-. The third-order valence-electron chi connectivity index (χ3n) is 4.45. The number of hydrogen-bond acceptors (Lipinski definition) is 5. The smallest absolute Gasteiger partial charge is 0.280 e. The number of H-pyrrole nitrogens is 1. The molecule has 144 valence electrons. The van der Waals surface area contributed by atoms with Gasteiger partial charge in [-0.15, -0.1) is 0 Å². The number of aromatic amines is 1. The first-order chi connectivity index (χ1) is 13.3. The molecule has 0 atom stereocenters. The van der Waals surface area contributed by atoms with Crippen LogP contribution in [-0.2, 0) is 0 Å². The fraction of sp³-hybridized carbons (Fsp3) is 0.150. The Morgan fingerprint density at radius 1 is 1.11 bits per heavy atom. The van der Waals surface area contributed by atoms with Crippen LogP contribution in [-0.4, -0.2) is 32.1 Å². The Labute approximate surface area is 160 Å². The number of hydrogen-bond donors (Lipinski definition) is 4. The number of nitrogens with one attached hydrogen (secondary N) is 2. The Morgan fingerprint density at radius 2 is 1.86 bits per heavy atom. The lowest BCUT2D eigenvalue weighted by Crippen LogP contribution is -2.20. The number of phenols is 2. The molecule has 0 spiro atoms. The molecule has 0 fully saturated rings. The van der Waals surface area contributed by atoms with Crippen molar-refractivity contribution in [3.8, 4) is 17.2 Å². The monoisotopic (exact) mass is 380 g/mol. The van der Waals surface area contributed by atoms with E-state index in [4.69, 9.17) is 0 Å². The van der Waals surface area contributed by atoms with Crippen LogP contribution in [0.2, 0.25) is 0 Å². The minimum Gasteiger partial charge on any atom is -0.508 e. The lowest BCUT2D eigenvalue weighted by molar-refractivity contribution is 0.0952. The molecule has 0 unspecified atom stereocenters. The van der Waals surface area contributed by atoms with Crippen LogP contribution in [0.1, 0.15) is 32.7 Å². The molecule has 1 amide bonds. The zero-order chi connectivity index (χ0) is 20.4. The van der Waals surface area contributed by atoms with Crippen molar-refractivity contribution in [1.29, 1.82) is 0 Å². The molecule has 1 aromatic heterocycles. The molecule has 28 heavy (non-hydrogen) atoms. The zero-order valence-electron chi connectivity index (χ0n) is 15.6. The number of rotatable bonds is 4. The van der Waals surface area contributed by atoms with E-state index in [-0.39, 0.29) is 22.6 Å². The minimum absolute atomic E-state index is 0.0479. The predicted molar refractivity (Wildman–Crippen MR) is 105 cm³/mol. The molecular formula is C20H20N4O4. The Kier molecular flexibility index (Phi) is 5.04. The van der Waals surface area contributed by atoms with E-state index in [9.17, 15) is 19.8 Å². The highest BCUT2D eigenvalue weighted by atomic mass is 16.3. The number of carbonyl (C=O) groups is 1. The summed E-state index contributed by atoms with van der Waals surface area (Å²) >= 11 is 0. The summed E-state index contributed by atoms with van der Waals surface area (Å²) < 4.78 is 1.41.